The molecule has 2 heteroatoms. The fourth-order valence-corrected chi connectivity index (χ4v) is 1.90. The molecule has 0 saturated carbocycles. The van der Waals surface area contributed by atoms with Crippen molar-refractivity contribution in [3.05, 3.63) is 48.6 Å². The van der Waals surface area contributed by atoms with Gasteiger partial charge in [0.25, 0.3) is 0 Å². The van der Waals surface area contributed by atoms with Crippen molar-refractivity contribution in [2.24, 2.45) is 0 Å². The summed E-state index contributed by atoms with van der Waals surface area (Å²) < 4.78 is 0. The summed E-state index contributed by atoms with van der Waals surface area (Å²) in [4.78, 5) is 0. The molecule has 1 rings (SSSR count). The van der Waals surface area contributed by atoms with E-state index < -0.39 is 0 Å². The van der Waals surface area contributed by atoms with Gasteiger partial charge in [0.15, 0.2) is 0 Å². The third-order valence-corrected chi connectivity index (χ3v) is 2.61. The van der Waals surface area contributed by atoms with Crippen molar-refractivity contribution in [2.75, 3.05) is 10.6 Å². The van der Waals surface area contributed by atoms with Gasteiger partial charge in [-0.05, 0) is 45.9 Å². The van der Waals surface area contributed by atoms with Crippen LogP contribution in [0.15, 0.2) is 48.6 Å². The smallest absolute Gasteiger partial charge is 0.0416 e. The molecule has 0 fully saturated rings. The summed E-state index contributed by atoms with van der Waals surface area (Å²) in [5.74, 6) is 0. The number of nitrogens with one attached hydrogen (secondary N) is 2. The summed E-state index contributed by atoms with van der Waals surface area (Å²) in [5.41, 5.74) is 2.27. The molecule has 0 bridgehead atoms. The Morgan fingerprint density at radius 3 is 1.72 bits per heavy atom. The van der Waals surface area contributed by atoms with Gasteiger partial charge in [-0.1, -0.05) is 30.4 Å². The molecule has 0 aliphatic carbocycles. The van der Waals surface area contributed by atoms with E-state index in [0.717, 1.165) is 11.4 Å². The van der Waals surface area contributed by atoms with Crippen molar-refractivity contribution in [1.82, 2.24) is 0 Å². The van der Waals surface area contributed by atoms with E-state index in [1.165, 1.54) is 0 Å². The minimum Gasteiger partial charge on any atom is -0.379 e. The van der Waals surface area contributed by atoms with E-state index in [9.17, 15) is 0 Å². The first-order valence-corrected chi connectivity index (χ1v) is 6.54. The molecule has 0 aromatic heterocycles. The quantitative estimate of drug-likeness (QED) is 0.723. The van der Waals surface area contributed by atoms with E-state index in [0.29, 0.717) is 12.1 Å². The maximum atomic E-state index is 3.44. The Hall–Kier alpha value is -1.70. The summed E-state index contributed by atoms with van der Waals surface area (Å²) in [6, 6.07) is 9.07. The Balaban J connectivity index is 2.67. The number of benzene rings is 1. The highest BCUT2D eigenvalue weighted by Crippen LogP contribution is 2.17. The molecule has 0 aliphatic heterocycles. The van der Waals surface area contributed by atoms with E-state index in [-0.39, 0.29) is 0 Å². The zero-order valence-corrected chi connectivity index (χ0v) is 11.8. The molecule has 18 heavy (non-hydrogen) atoms. The van der Waals surface area contributed by atoms with E-state index in [1.807, 2.05) is 13.8 Å². The highest BCUT2D eigenvalue weighted by Gasteiger charge is 2.00. The number of allylic oxidation sites excluding steroid dienone is 2. The van der Waals surface area contributed by atoms with Crippen LogP contribution in [0, 0.1) is 0 Å². The topological polar surface area (TPSA) is 24.1 Å². The maximum Gasteiger partial charge on any atom is 0.0416 e. The lowest BCUT2D eigenvalue weighted by Gasteiger charge is -2.15. The van der Waals surface area contributed by atoms with Crippen molar-refractivity contribution >= 4 is 11.4 Å². The monoisotopic (exact) mass is 244 g/mol. The van der Waals surface area contributed by atoms with Crippen LogP contribution in [-0.2, 0) is 0 Å². The Morgan fingerprint density at radius 2 is 1.33 bits per heavy atom. The third kappa shape index (κ3) is 5.09. The molecular weight excluding hydrogens is 220 g/mol. The predicted molar refractivity (Wildman–Crippen MR) is 82.2 cm³/mol. The molecule has 2 atom stereocenters. The van der Waals surface area contributed by atoms with Gasteiger partial charge in [0, 0.05) is 23.5 Å². The molecule has 0 spiro atoms. The SMILES string of the molecule is C/C=C/C(C)Nc1cccc(NC(C)/C=C/C)c1. The average molecular weight is 244 g/mol. The average Bonchev–Trinajstić information content (AvgIpc) is 2.29. The van der Waals surface area contributed by atoms with E-state index in [4.69, 9.17) is 0 Å². The number of rotatable bonds is 6. The summed E-state index contributed by atoms with van der Waals surface area (Å²) in [5, 5.41) is 6.89. The second-order valence-electron chi connectivity index (χ2n) is 4.50. The summed E-state index contributed by atoms with van der Waals surface area (Å²) in [6.07, 6.45) is 8.41. The number of hydrogen-bond acceptors (Lipinski definition) is 2. The van der Waals surface area contributed by atoms with Crippen LogP contribution < -0.4 is 10.6 Å². The van der Waals surface area contributed by atoms with Crippen LogP contribution in [-0.4, -0.2) is 12.1 Å². The lowest BCUT2D eigenvalue weighted by molar-refractivity contribution is 0.986. The fraction of sp³-hybridized carbons (Fsp3) is 0.375. The van der Waals surface area contributed by atoms with E-state index >= 15 is 0 Å². The molecule has 0 saturated heterocycles. The minimum absolute atomic E-state index is 0.346. The lowest BCUT2D eigenvalue weighted by Crippen LogP contribution is -2.13. The maximum absolute atomic E-state index is 3.44. The molecule has 0 amide bonds. The summed E-state index contributed by atoms with van der Waals surface area (Å²) in [6.45, 7) is 8.36. The van der Waals surface area contributed by atoms with Gasteiger partial charge in [0.1, 0.15) is 0 Å². The molecule has 1 aromatic rings. The molecule has 1 aromatic carbocycles. The van der Waals surface area contributed by atoms with Crippen molar-refractivity contribution in [3.63, 3.8) is 0 Å². The van der Waals surface area contributed by atoms with Crippen LogP contribution in [0.1, 0.15) is 27.7 Å². The van der Waals surface area contributed by atoms with Crippen LogP contribution in [0.25, 0.3) is 0 Å². The fourth-order valence-electron chi connectivity index (χ4n) is 1.90. The van der Waals surface area contributed by atoms with Crippen molar-refractivity contribution < 1.29 is 0 Å². The third-order valence-electron chi connectivity index (χ3n) is 2.61. The summed E-state index contributed by atoms with van der Waals surface area (Å²) >= 11 is 0. The molecule has 98 valence electrons. The highest BCUT2D eigenvalue weighted by atomic mass is 14.9. The van der Waals surface area contributed by atoms with Gasteiger partial charge < -0.3 is 10.6 Å². The predicted octanol–water partition coefficient (Wildman–Crippen LogP) is 4.44. The molecule has 0 radical (unpaired) electrons. The zero-order chi connectivity index (χ0) is 13.4. The normalized spacial score (nSPS) is 14.9. The van der Waals surface area contributed by atoms with Gasteiger partial charge in [-0.15, -0.1) is 0 Å². The van der Waals surface area contributed by atoms with Crippen molar-refractivity contribution in [1.29, 1.82) is 0 Å². The first-order valence-electron chi connectivity index (χ1n) is 6.54. The van der Waals surface area contributed by atoms with Crippen molar-refractivity contribution in [3.8, 4) is 0 Å². The van der Waals surface area contributed by atoms with Crippen LogP contribution in [0.3, 0.4) is 0 Å². The van der Waals surface area contributed by atoms with Gasteiger partial charge in [-0.3, -0.25) is 0 Å². The highest BCUT2D eigenvalue weighted by molar-refractivity contribution is 5.57. The molecule has 0 heterocycles. The van der Waals surface area contributed by atoms with Gasteiger partial charge in [0.05, 0.1) is 0 Å². The Bertz CT molecular complexity index is 372. The largest absolute Gasteiger partial charge is 0.379 e. The molecule has 2 nitrogen and oxygen atoms in total. The van der Waals surface area contributed by atoms with Gasteiger partial charge in [0.2, 0.25) is 0 Å². The molecule has 2 N–H and O–H groups in total. The van der Waals surface area contributed by atoms with Gasteiger partial charge >= 0.3 is 0 Å². The van der Waals surface area contributed by atoms with Crippen LogP contribution >= 0.6 is 0 Å². The molecule has 0 aliphatic rings. The number of hydrogen-bond donors (Lipinski definition) is 2. The van der Waals surface area contributed by atoms with Crippen molar-refractivity contribution in [2.45, 2.75) is 39.8 Å². The Labute approximate surface area is 111 Å². The van der Waals surface area contributed by atoms with Gasteiger partial charge in [-0.25, -0.2) is 0 Å². The second kappa shape index (κ2) is 7.59. The van der Waals surface area contributed by atoms with Crippen LogP contribution in [0.5, 0.6) is 0 Å². The molecule has 2 unspecified atom stereocenters. The van der Waals surface area contributed by atoms with Crippen LogP contribution in [0.4, 0.5) is 11.4 Å². The Morgan fingerprint density at radius 1 is 0.889 bits per heavy atom. The summed E-state index contributed by atoms with van der Waals surface area (Å²) in [7, 11) is 0. The Kier molecular flexibility index (Phi) is 6.06. The minimum atomic E-state index is 0.346. The first-order chi connectivity index (χ1) is 8.65. The number of anilines is 2. The lowest BCUT2D eigenvalue weighted by atomic mass is 10.2. The standard InChI is InChI=1S/C16H24N2/c1-5-8-13(3)17-15-10-7-11-16(12-15)18-14(4)9-6-2/h5-14,17-18H,1-4H3/b8-5+,9-6+. The molecular formula is C16H24N2. The van der Waals surface area contributed by atoms with Gasteiger partial charge in [-0.2, -0.15) is 0 Å². The zero-order valence-electron chi connectivity index (χ0n) is 11.8. The van der Waals surface area contributed by atoms with Crippen LogP contribution in [0.2, 0.25) is 0 Å². The van der Waals surface area contributed by atoms with E-state index in [1.54, 1.807) is 0 Å². The van der Waals surface area contributed by atoms with E-state index in [2.05, 4.69) is 73.1 Å². The first kappa shape index (κ1) is 14.4. The second-order valence-corrected chi connectivity index (χ2v) is 4.50.